The first-order chi connectivity index (χ1) is 14.0. The Labute approximate surface area is 170 Å². The van der Waals surface area contributed by atoms with E-state index in [1.807, 2.05) is 30.3 Å². The van der Waals surface area contributed by atoms with Crippen molar-refractivity contribution < 1.29 is 23.9 Å². The Hall–Kier alpha value is -3.22. The van der Waals surface area contributed by atoms with E-state index in [0.29, 0.717) is 17.7 Å². The van der Waals surface area contributed by atoms with Crippen LogP contribution in [-0.4, -0.2) is 42.6 Å². The fourth-order valence-corrected chi connectivity index (χ4v) is 2.82. The van der Waals surface area contributed by atoms with Crippen molar-refractivity contribution in [2.24, 2.45) is 5.92 Å². The average Bonchev–Trinajstić information content (AvgIpc) is 2.71. The van der Waals surface area contributed by atoms with E-state index in [2.05, 4.69) is 10.3 Å². The number of pyridine rings is 1. The fourth-order valence-electron chi connectivity index (χ4n) is 2.82. The lowest BCUT2D eigenvalue weighted by Crippen LogP contribution is -2.35. The van der Waals surface area contributed by atoms with Crippen LogP contribution in [0.15, 0.2) is 42.5 Å². The van der Waals surface area contributed by atoms with E-state index in [1.54, 1.807) is 20.8 Å². The van der Waals surface area contributed by atoms with E-state index in [-0.39, 0.29) is 31.4 Å². The van der Waals surface area contributed by atoms with Crippen molar-refractivity contribution in [3.63, 3.8) is 0 Å². The summed E-state index contributed by atoms with van der Waals surface area (Å²) in [4.78, 5) is 40.8. The molecule has 0 aliphatic heterocycles. The molecular weight excluding hydrogens is 372 g/mol. The van der Waals surface area contributed by atoms with Gasteiger partial charge in [0.25, 0.3) is 5.91 Å². The Morgan fingerprint density at radius 1 is 1.00 bits per heavy atom. The second-order valence-corrected chi connectivity index (χ2v) is 6.40. The molecule has 0 saturated heterocycles. The monoisotopic (exact) mass is 398 g/mol. The minimum absolute atomic E-state index is 0.118. The number of ether oxygens (including phenoxy) is 2. The van der Waals surface area contributed by atoms with Gasteiger partial charge in [0.15, 0.2) is 0 Å². The van der Waals surface area contributed by atoms with Gasteiger partial charge in [0, 0.05) is 6.54 Å². The Balaban J connectivity index is 2.06. The van der Waals surface area contributed by atoms with Crippen molar-refractivity contribution in [2.75, 3.05) is 19.8 Å². The van der Waals surface area contributed by atoms with Gasteiger partial charge in [0.1, 0.15) is 5.69 Å². The number of aryl methyl sites for hydroxylation is 1. The number of carbonyl (C=O) groups is 3. The Bertz CT molecular complexity index is 852. The number of carbonyl (C=O) groups excluding carboxylic acids is 3. The number of aromatic nitrogens is 1. The number of esters is 2. The summed E-state index contributed by atoms with van der Waals surface area (Å²) in [6, 6.07) is 12.5. The lowest BCUT2D eigenvalue weighted by atomic mass is 9.99. The Kier molecular flexibility index (Phi) is 8.33. The molecule has 0 bridgehead atoms. The van der Waals surface area contributed by atoms with Crippen molar-refractivity contribution >= 4 is 17.8 Å². The van der Waals surface area contributed by atoms with Crippen LogP contribution in [0.3, 0.4) is 0 Å². The lowest BCUT2D eigenvalue weighted by molar-refractivity contribution is -0.147. The van der Waals surface area contributed by atoms with Crippen molar-refractivity contribution in [3.8, 4) is 0 Å². The first-order valence-electron chi connectivity index (χ1n) is 9.59. The van der Waals surface area contributed by atoms with Gasteiger partial charge in [-0.05, 0) is 44.9 Å². The predicted octanol–water partition coefficient (Wildman–Crippen LogP) is 2.72. The lowest BCUT2D eigenvalue weighted by Gasteiger charge is -2.16. The molecule has 0 aliphatic carbocycles. The molecule has 1 atom stereocenters. The van der Waals surface area contributed by atoms with Crippen LogP contribution < -0.4 is 5.32 Å². The van der Waals surface area contributed by atoms with Crippen LogP contribution in [0.5, 0.6) is 0 Å². The Morgan fingerprint density at radius 3 is 2.31 bits per heavy atom. The molecule has 2 rings (SSSR count). The van der Waals surface area contributed by atoms with Crippen LogP contribution in [0, 0.1) is 12.8 Å². The minimum atomic E-state index is -0.513. The normalized spacial score (nSPS) is 11.4. The summed E-state index contributed by atoms with van der Waals surface area (Å²) in [7, 11) is 0. The molecular formula is C22H26N2O5. The number of hydrogen-bond acceptors (Lipinski definition) is 6. The molecule has 0 fully saturated rings. The molecule has 29 heavy (non-hydrogen) atoms. The third-order valence-corrected chi connectivity index (χ3v) is 4.27. The third kappa shape index (κ3) is 6.41. The highest BCUT2D eigenvalue weighted by molar-refractivity contribution is 5.95. The fraction of sp³-hybridized carbons (Fsp3) is 0.364. The second-order valence-electron chi connectivity index (χ2n) is 6.40. The number of nitrogens with one attached hydrogen (secondary N) is 1. The minimum Gasteiger partial charge on any atom is -0.466 e. The van der Waals surface area contributed by atoms with E-state index in [1.165, 1.54) is 12.1 Å². The third-order valence-electron chi connectivity index (χ3n) is 4.27. The molecule has 1 heterocycles. The van der Waals surface area contributed by atoms with Crippen LogP contribution in [0.2, 0.25) is 0 Å². The van der Waals surface area contributed by atoms with Crippen LogP contribution in [0.25, 0.3) is 0 Å². The number of benzene rings is 1. The largest absolute Gasteiger partial charge is 0.466 e. The summed E-state index contributed by atoms with van der Waals surface area (Å²) in [5.74, 6) is -1.78. The maximum atomic E-state index is 12.5. The molecule has 2 aromatic rings. The van der Waals surface area contributed by atoms with Crippen molar-refractivity contribution in [1.82, 2.24) is 10.3 Å². The first kappa shape index (κ1) is 22.1. The molecule has 1 amide bonds. The quantitative estimate of drug-likeness (QED) is 0.653. The molecule has 1 N–H and O–H groups in total. The topological polar surface area (TPSA) is 94.6 Å². The zero-order valence-corrected chi connectivity index (χ0v) is 16.9. The van der Waals surface area contributed by atoms with Crippen molar-refractivity contribution in [2.45, 2.75) is 27.2 Å². The SMILES string of the molecule is CCOC(=O)c1ccc(C(=O)NCC(Cc2ccccc2)C(=O)OCC)nc1C. The maximum Gasteiger partial charge on any atom is 0.339 e. The summed E-state index contributed by atoms with van der Waals surface area (Å²) >= 11 is 0. The predicted molar refractivity (Wildman–Crippen MR) is 108 cm³/mol. The molecule has 7 nitrogen and oxygen atoms in total. The maximum absolute atomic E-state index is 12.5. The van der Waals surface area contributed by atoms with E-state index in [0.717, 1.165) is 5.56 Å². The second kappa shape index (κ2) is 10.9. The molecule has 1 aromatic carbocycles. The molecule has 1 aromatic heterocycles. The van der Waals surface area contributed by atoms with Crippen LogP contribution in [0.1, 0.15) is 46.0 Å². The average molecular weight is 398 g/mol. The number of nitrogens with zero attached hydrogens (tertiary/aromatic N) is 1. The molecule has 0 spiro atoms. The van der Waals surface area contributed by atoms with Gasteiger partial charge in [-0.3, -0.25) is 9.59 Å². The van der Waals surface area contributed by atoms with Crippen LogP contribution >= 0.6 is 0 Å². The zero-order valence-electron chi connectivity index (χ0n) is 16.9. The zero-order chi connectivity index (χ0) is 21.2. The molecule has 154 valence electrons. The number of amides is 1. The highest BCUT2D eigenvalue weighted by atomic mass is 16.5. The summed E-state index contributed by atoms with van der Waals surface area (Å²) in [5.41, 5.74) is 1.87. The van der Waals surface area contributed by atoms with Crippen LogP contribution in [-0.2, 0) is 20.7 Å². The summed E-state index contributed by atoms with van der Waals surface area (Å²) < 4.78 is 10.1. The summed E-state index contributed by atoms with van der Waals surface area (Å²) in [5, 5.41) is 2.74. The van der Waals surface area contributed by atoms with Crippen molar-refractivity contribution in [1.29, 1.82) is 0 Å². The van der Waals surface area contributed by atoms with Gasteiger partial charge in [-0.25, -0.2) is 9.78 Å². The standard InChI is InChI=1S/C22H26N2O5/c1-4-28-21(26)17(13-16-9-7-6-8-10-16)14-23-20(25)19-12-11-18(15(3)24-19)22(27)29-5-2/h6-12,17H,4-5,13-14H2,1-3H3,(H,23,25). The smallest absolute Gasteiger partial charge is 0.339 e. The van der Waals surface area contributed by atoms with E-state index >= 15 is 0 Å². The first-order valence-corrected chi connectivity index (χ1v) is 9.59. The molecule has 0 aliphatic rings. The van der Waals surface area contributed by atoms with Gasteiger partial charge in [0.05, 0.1) is 30.4 Å². The van der Waals surface area contributed by atoms with Gasteiger partial charge in [-0.2, -0.15) is 0 Å². The summed E-state index contributed by atoms with van der Waals surface area (Å²) in [6.07, 6.45) is 0.453. The molecule has 7 heteroatoms. The van der Waals surface area contributed by atoms with Gasteiger partial charge in [-0.15, -0.1) is 0 Å². The molecule has 1 unspecified atom stereocenters. The Morgan fingerprint density at radius 2 is 1.69 bits per heavy atom. The highest BCUT2D eigenvalue weighted by Crippen LogP contribution is 2.12. The van der Waals surface area contributed by atoms with E-state index < -0.39 is 17.8 Å². The van der Waals surface area contributed by atoms with Crippen LogP contribution in [0.4, 0.5) is 0 Å². The van der Waals surface area contributed by atoms with Gasteiger partial charge >= 0.3 is 11.9 Å². The number of hydrogen-bond donors (Lipinski definition) is 1. The van der Waals surface area contributed by atoms with E-state index in [9.17, 15) is 14.4 Å². The summed E-state index contributed by atoms with van der Waals surface area (Å²) in [6.45, 7) is 5.75. The molecule has 0 saturated carbocycles. The molecule has 0 radical (unpaired) electrons. The van der Waals surface area contributed by atoms with Crippen molar-refractivity contribution in [3.05, 3.63) is 65.0 Å². The van der Waals surface area contributed by atoms with Gasteiger partial charge in [0.2, 0.25) is 0 Å². The number of rotatable bonds is 9. The van der Waals surface area contributed by atoms with Gasteiger partial charge < -0.3 is 14.8 Å². The highest BCUT2D eigenvalue weighted by Gasteiger charge is 2.22. The van der Waals surface area contributed by atoms with E-state index in [4.69, 9.17) is 9.47 Å². The van der Waals surface area contributed by atoms with Gasteiger partial charge in [-0.1, -0.05) is 30.3 Å².